The Morgan fingerprint density at radius 1 is 1.30 bits per heavy atom. The number of likely N-dealkylation sites (N-methyl/N-ethyl adjacent to an activating group) is 1. The molecule has 1 fully saturated rings. The minimum Gasteiger partial charge on any atom is -0.308 e. The van der Waals surface area contributed by atoms with Gasteiger partial charge >= 0.3 is 0 Å². The van der Waals surface area contributed by atoms with Crippen molar-refractivity contribution < 1.29 is 0 Å². The molecule has 0 bridgehead atoms. The van der Waals surface area contributed by atoms with E-state index in [-0.39, 0.29) is 5.54 Å². The molecule has 114 valence electrons. The highest BCUT2D eigenvalue weighted by Gasteiger charge is 2.40. The van der Waals surface area contributed by atoms with Crippen molar-refractivity contribution in [3.05, 3.63) is 21.9 Å². The summed E-state index contributed by atoms with van der Waals surface area (Å²) in [6.45, 7) is 12.8. The summed E-state index contributed by atoms with van der Waals surface area (Å²) in [4.78, 5) is 4.27. The molecule has 1 saturated heterocycles. The van der Waals surface area contributed by atoms with Crippen molar-refractivity contribution in [1.29, 1.82) is 0 Å². The lowest BCUT2D eigenvalue weighted by atomic mass is 9.83. The quantitative estimate of drug-likeness (QED) is 0.838. The van der Waals surface area contributed by atoms with Gasteiger partial charge in [-0.15, -0.1) is 11.3 Å². The Labute approximate surface area is 128 Å². The fourth-order valence-corrected chi connectivity index (χ4v) is 4.64. The highest BCUT2D eigenvalue weighted by Crippen LogP contribution is 2.39. The second-order valence-electron chi connectivity index (χ2n) is 6.22. The topological polar surface area (TPSA) is 15.3 Å². The molecule has 3 heteroatoms. The van der Waals surface area contributed by atoms with Crippen molar-refractivity contribution in [2.75, 3.05) is 19.6 Å². The number of nitrogens with one attached hydrogen (secondary N) is 1. The molecular weight excluding hydrogens is 264 g/mol. The second kappa shape index (κ2) is 7.06. The van der Waals surface area contributed by atoms with E-state index in [9.17, 15) is 0 Å². The highest BCUT2D eigenvalue weighted by atomic mass is 32.1. The smallest absolute Gasteiger partial charge is 0.0601 e. The zero-order chi connectivity index (χ0) is 14.6. The third kappa shape index (κ3) is 3.10. The van der Waals surface area contributed by atoms with Crippen LogP contribution in [0.25, 0.3) is 0 Å². The van der Waals surface area contributed by atoms with Gasteiger partial charge < -0.3 is 5.32 Å². The van der Waals surface area contributed by atoms with Gasteiger partial charge in [0.1, 0.15) is 0 Å². The molecule has 1 N–H and O–H groups in total. The molecule has 1 aliphatic rings. The van der Waals surface area contributed by atoms with Crippen LogP contribution in [0.2, 0.25) is 0 Å². The van der Waals surface area contributed by atoms with Gasteiger partial charge in [0.05, 0.1) is 6.04 Å². The third-order valence-electron chi connectivity index (χ3n) is 4.99. The van der Waals surface area contributed by atoms with Crippen LogP contribution in [0.1, 0.15) is 62.9 Å². The average Bonchev–Trinajstić information content (AvgIpc) is 2.91. The molecule has 0 aliphatic carbocycles. The van der Waals surface area contributed by atoms with Crippen LogP contribution in [0.3, 0.4) is 0 Å². The summed E-state index contributed by atoms with van der Waals surface area (Å²) in [6.07, 6.45) is 5.32. The molecule has 0 spiro atoms. The van der Waals surface area contributed by atoms with Crippen LogP contribution in [0.15, 0.2) is 11.4 Å². The van der Waals surface area contributed by atoms with E-state index in [2.05, 4.69) is 49.4 Å². The number of hydrogen-bond acceptors (Lipinski definition) is 3. The van der Waals surface area contributed by atoms with E-state index in [0.29, 0.717) is 6.04 Å². The van der Waals surface area contributed by atoms with Gasteiger partial charge in [0.25, 0.3) is 0 Å². The number of nitrogens with zero attached hydrogens (tertiary/aromatic N) is 1. The Balaban J connectivity index is 2.30. The first-order chi connectivity index (χ1) is 9.63. The minimum absolute atomic E-state index is 0.228. The molecule has 1 aromatic rings. The molecule has 1 aromatic heterocycles. The average molecular weight is 295 g/mol. The standard InChI is InChI=1S/C17H30N2S/c1-5-17(4,19-11-8-7-9-12-19)16(18-6-2)15-14(3)10-13-20-15/h10,13,16,18H,5-9,11-12H2,1-4H3. The van der Waals surface area contributed by atoms with Crippen molar-refractivity contribution in [2.45, 2.75) is 65.0 Å². The number of hydrogen-bond donors (Lipinski definition) is 1. The highest BCUT2D eigenvalue weighted by molar-refractivity contribution is 7.10. The zero-order valence-corrected chi connectivity index (χ0v) is 14.4. The predicted octanol–water partition coefficient (Wildman–Crippen LogP) is 4.36. The van der Waals surface area contributed by atoms with Crippen molar-refractivity contribution in [3.8, 4) is 0 Å². The van der Waals surface area contributed by atoms with Crippen LogP contribution in [-0.4, -0.2) is 30.1 Å². The molecule has 2 atom stereocenters. The lowest BCUT2D eigenvalue weighted by Crippen LogP contribution is -2.55. The third-order valence-corrected chi connectivity index (χ3v) is 6.07. The van der Waals surface area contributed by atoms with Gasteiger partial charge in [0, 0.05) is 10.4 Å². The Morgan fingerprint density at radius 3 is 2.50 bits per heavy atom. The van der Waals surface area contributed by atoms with Crippen molar-refractivity contribution >= 4 is 11.3 Å². The first-order valence-corrected chi connectivity index (χ1v) is 9.03. The summed E-state index contributed by atoms with van der Waals surface area (Å²) in [5, 5.41) is 6.02. The van der Waals surface area contributed by atoms with Gasteiger partial charge in [-0.2, -0.15) is 0 Å². The summed E-state index contributed by atoms with van der Waals surface area (Å²) >= 11 is 1.91. The van der Waals surface area contributed by atoms with E-state index >= 15 is 0 Å². The van der Waals surface area contributed by atoms with Gasteiger partial charge in [0.2, 0.25) is 0 Å². The Morgan fingerprint density at radius 2 is 2.00 bits per heavy atom. The molecule has 2 unspecified atom stereocenters. The summed E-state index contributed by atoms with van der Waals surface area (Å²) < 4.78 is 0. The molecule has 2 nitrogen and oxygen atoms in total. The molecule has 20 heavy (non-hydrogen) atoms. The lowest BCUT2D eigenvalue weighted by Gasteiger charge is -2.48. The summed E-state index contributed by atoms with van der Waals surface area (Å²) in [5.74, 6) is 0. The van der Waals surface area contributed by atoms with Crippen LogP contribution >= 0.6 is 11.3 Å². The molecule has 2 heterocycles. The second-order valence-corrected chi connectivity index (χ2v) is 7.16. The van der Waals surface area contributed by atoms with E-state index < -0.39 is 0 Å². The Kier molecular flexibility index (Phi) is 5.65. The van der Waals surface area contributed by atoms with Gasteiger partial charge in [-0.1, -0.05) is 20.3 Å². The van der Waals surface area contributed by atoms with Crippen molar-refractivity contribution in [3.63, 3.8) is 0 Å². The molecule has 0 radical (unpaired) electrons. The van der Waals surface area contributed by atoms with Crippen LogP contribution in [0.4, 0.5) is 0 Å². The summed E-state index contributed by atoms with van der Waals surface area (Å²) in [6, 6.07) is 2.71. The maximum atomic E-state index is 3.78. The zero-order valence-electron chi connectivity index (χ0n) is 13.5. The number of thiophene rings is 1. The van der Waals surface area contributed by atoms with E-state index in [1.807, 2.05) is 11.3 Å². The van der Waals surface area contributed by atoms with Gasteiger partial charge in [-0.25, -0.2) is 0 Å². The monoisotopic (exact) mass is 294 g/mol. The van der Waals surface area contributed by atoms with Crippen LogP contribution < -0.4 is 5.32 Å². The molecule has 2 rings (SSSR count). The number of rotatable bonds is 6. The molecule has 1 aliphatic heterocycles. The number of aryl methyl sites for hydroxylation is 1. The van der Waals surface area contributed by atoms with E-state index in [1.54, 1.807) is 0 Å². The van der Waals surface area contributed by atoms with Crippen LogP contribution in [0, 0.1) is 6.92 Å². The molecule has 0 aromatic carbocycles. The van der Waals surface area contributed by atoms with Crippen molar-refractivity contribution in [2.24, 2.45) is 0 Å². The van der Waals surface area contributed by atoms with Gasteiger partial charge in [-0.3, -0.25) is 4.90 Å². The van der Waals surface area contributed by atoms with Gasteiger partial charge in [-0.05, 0) is 69.8 Å². The number of likely N-dealkylation sites (tertiary alicyclic amines) is 1. The van der Waals surface area contributed by atoms with Gasteiger partial charge in [0.15, 0.2) is 0 Å². The fourth-order valence-electron chi connectivity index (χ4n) is 3.49. The molecule has 0 saturated carbocycles. The van der Waals surface area contributed by atoms with Crippen LogP contribution in [0.5, 0.6) is 0 Å². The van der Waals surface area contributed by atoms with Crippen LogP contribution in [-0.2, 0) is 0 Å². The van der Waals surface area contributed by atoms with E-state index in [1.165, 1.54) is 49.2 Å². The largest absolute Gasteiger partial charge is 0.308 e. The van der Waals surface area contributed by atoms with E-state index in [0.717, 1.165) is 6.54 Å². The normalized spacial score (nSPS) is 21.6. The predicted molar refractivity (Wildman–Crippen MR) is 89.6 cm³/mol. The molecule has 0 amide bonds. The Hall–Kier alpha value is -0.380. The first-order valence-electron chi connectivity index (χ1n) is 8.16. The fraction of sp³-hybridized carbons (Fsp3) is 0.765. The van der Waals surface area contributed by atoms with E-state index in [4.69, 9.17) is 0 Å². The minimum atomic E-state index is 0.228. The number of piperidine rings is 1. The maximum Gasteiger partial charge on any atom is 0.0601 e. The molecular formula is C17H30N2S. The maximum absolute atomic E-state index is 3.78. The summed E-state index contributed by atoms with van der Waals surface area (Å²) in [5.41, 5.74) is 1.67. The summed E-state index contributed by atoms with van der Waals surface area (Å²) in [7, 11) is 0. The van der Waals surface area contributed by atoms with Crippen molar-refractivity contribution in [1.82, 2.24) is 10.2 Å². The first kappa shape index (κ1) is 16.0. The Bertz CT molecular complexity index is 409. The SMILES string of the molecule is CCNC(c1sccc1C)C(C)(CC)N1CCCCC1. The lowest BCUT2D eigenvalue weighted by molar-refractivity contribution is 0.0438.